The van der Waals surface area contributed by atoms with Crippen LogP contribution in [0.2, 0.25) is 13.0 Å². The topological polar surface area (TPSA) is 6.48 Å². The van der Waals surface area contributed by atoms with Crippen LogP contribution in [0, 0.1) is 0 Å². The first-order valence-corrected chi connectivity index (χ1v) is 16.3. The summed E-state index contributed by atoms with van der Waals surface area (Å²) in [6.07, 6.45) is 2.89. The Labute approximate surface area is 130 Å². The van der Waals surface area contributed by atoms with Crippen molar-refractivity contribution in [1.29, 1.82) is 0 Å². The SMILES string of the molecule is CCN(C)CC[CH2][In]([CH3])[CH2]CCN(C(C)C)C(C)C. The Hall–Kier alpha value is 0.790. The van der Waals surface area contributed by atoms with Crippen molar-refractivity contribution in [2.24, 2.45) is 0 Å². The first-order chi connectivity index (χ1) is 8.88. The Kier molecular flexibility index (Phi) is 11.9. The van der Waals surface area contributed by atoms with Gasteiger partial charge in [0.05, 0.1) is 0 Å². The first kappa shape index (κ1) is 19.8. The zero-order valence-electron chi connectivity index (χ0n) is 14.6. The van der Waals surface area contributed by atoms with Crippen LogP contribution in [-0.2, 0) is 0 Å². The Morgan fingerprint density at radius 3 is 1.79 bits per heavy atom. The van der Waals surface area contributed by atoms with Crippen molar-refractivity contribution in [3.05, 3.63) is 0 Å². The van der Waals surface area contributed by atoms with E-state index in [1.165, 1.54) is 32.5 Å². The molecule has 0 saturated heterocycles. The van der Waals surface area contributed by atoms with Crippen molar-refractivity contribution in [1.82, 2.24) is 9.80 Å². The molecule has 3 heteroatoms. The first-order valence-electron chi connectivity index (χ1n) is 8.32. The van der Waals surface area contributed by atoms with Gasteiger partial charge in [-0.25, -0.2) is 0 Å². The van der Waals surface area contributed by atoms with E-state index in [-0.39, 0.29) is 0 Å². The van der Waals surface area contributed by atoms with Crippen molar-refractivity contribution in [2.75, 3.05) is 26.7 Å². The molecule has 0 aromatic rings. The average molecular weight is 372 g/mol. The van der Waals surface area contributed by atoms with Crippen LogP contribution in [0.5, 0.6) is 0 Å². The molecule has 0 rings (SSSR count). The number of hydrogen-bond donors (Lipinski definition) is 0. The summed E-state index contributed by atoms with van der Waals surface area (Å²) >= 11 is -1.13. The molecular weight excluding hydrogens is 335 g/mol. The molecule has 0 aromatic carbocycles. The van der Waals surface area contributed by atoms with Crippen LogP contribution in [0.4, 0.5) is 0 Å². The molecule has 0 N–H and O–H groups in total. The van der Waals surface area contributed by atoms with E-state index in [2.05, 4.69) is 56.1 Å². The van der Waals surface area contributed by atoms with Crippen LogP contribution in [0.15, 0.2) is 0 Å². The normalized spacial score (nSPS) is 12.2. The van der Waals surface area contributed by atoms with Crippen LogP contribution in [-0.4, -0.2) is 70.0 Å². The molecule has 0 aliphatic carbocycles. The summed E-state index contributed by atoms with van der Waals surface area (Å²) in [4.78, 5) is 5.08. The second-order valence-corrected chi connectivity index (χ2v) is 16.3. The van der Waals surface area contributed by atoms with Crippen molar-refractivity contribution in [3.8, 4) is 0 Å². The average Bonchev–Trinajstić information content (AvgIpc) is 2.33. The number of hydrogen-bond acceptors (Lipinski definition) is 2. The molecule has 0 amide bonds. The van der Waals surface area contributed by atoms with E-state index in [1.54, 1.807) is 8.35 Å². The van der Waals surface area contributed by atoms with Gasteiger partial charge in [-0.15, -0.1) is 0 Å². The molecule has 0 heterocycles. The van der Waals surface area contributed by atoms with E-state index in [0.29, 0.717) is 12.1 Å². The van der Waals surface area contributed by atoms with E-state index >= 15 is 0 Å². The zero-order chi connectivity index (χ0) is 14.8. The molecule has 0 spiro atoms. The molecule has 0 atom stereocenters. The molecule has 0 unspecified atom stereocenters. The second kappa shape index (κ2) is 11.4. The fourth-order valence-corrected chi connectivity index (χ4v) is 8.59. The molecule has 0 saturated carbocycles. The van der Waals surface area contributed by atoms with E-state index < -0.39 is 21.4 Å². The Balaban J connectivity index is 3.69. The van der Waals surface area contributed by atoms with Crippen LogP contribution >= 0.6 is 0 Å². The molecular formula is C16H37InN2. The van der Waals surface area contributed by atoms with E-state index in [4.69, 9.17) is 0 Å². The van der Waals surface area contributed by atoms with Crippen LogP contribution in [0.1, 0.15) is 47.5 Å². The van der Waals surface area contributed by atoms with E-state index in [0.717, 1.165) is 0 Å². The van der Waals surface area contributed by atoms with Crippen molar-refractivity contribution in [3.63, 3.8) is 0 Å². The van der Waals surface area contributed by atoms with E-state index in [1.807, 2.05) is 0 Å². The molecule has 0 aliphatic rings. The summed E-state index contributed by atoms with van der Waals surface area (Å²) in [5.74, 6) is 0. The van der Waals surface area contributed by atoms with Crippen molar-refractivity contribution >= 4 is 21.4 Å². The van der Waals surface area contributed by atoms with Gasteiger partial charge >= 0.3 is 130 Å². The number of rotatable bonds is 11. The summed E-state index contributed by atoms with van der Waals surface area (Å²) in [7, 11) is 2.24. The maximum absolute atomic E-state index is 2.64. The third-order valence-electron chi connectivity index (χ3n) is 4.22. The predicted octanol–water partition coefficient (Wildman–Crippen LogP) is 3.96. The van der Waals surface area contributed by atoms with Gasteiger partial charge in [0.2, 0.25) is 0 Å². The molecule has 19 heavy (non-hydrogen) atoms. The van der Waals surface area contributed by atoms with Crippen LogP contribution < -0.4 is 0 Å². The van der Waals surface area contributed by atoms with Gasteiger partial charge in [0, 0.05) is 0 Å². The molecule has 0 bridgehead atoms. The third-order valence-corrected chi connectivity index (χ3v) is 12.2. The van der Waals surface area contributed by atoms with Crippen molar-refractivity contribution in [2.45, 2.75) is 72.6 Å². The van der Waals surface area contributed by atoms with Crippen LogP contribution in [0.3, 0.4) is 0 Å². The van der Waals surface area contributed by atoms with Crippen molar-refractivity contribution < 1.29 is 0 Å². The zero-order valence-corrected chi connectivity index (χ0v) is 17.9. The van der Waals surface area contributed by atoms with Gasteiger partial charge in [0.25, 0.3) is 0 Å². The third kappa shape index (κ3) is 10.2. The van der Waals surface area contributed by atoms with Gasteiger partial charge < -0.3 is 0 Å². The summed E-state index contributed by atoms with van der Waals surface area (Å²) in [6, 6.07) is 1.40. The summed E-state index contributed by atoms with van der Waals surface area (Å²) in [6.45, 7) is 15.4. The molecule has 0 fully saturated rings. The Bertz CT molecular complexity index is 199. The molecule has 2 nitrogen and oxygen atoms in total. The minimum absolute atomic E-state index is 0.698. The van der Waals surface area contributed by atoms with Gasteiger partial charge in [-0.2, -0.15) is 0 Å². The van der Waals surface area contributed by atoms with Gasteiger partial charge in [-0.1, -0.05) is 0 Å². The standard InChI is InChI=1S/C9H20N.C6H14N.CH3.In/c1-6-7-10(8(2)3)9(4)5;1-4-6-7(3)5-2;;/h8-9H,1,6-7H2,2-5H3;1,4-6H2,2-3H3;1H3;. The quantitative estimate of drug-likeness (QED) is 0.542. The fourth-order valence-electron chi connectivity index (χ4n) is 2.75. The maximum atomic E-state index is 2.64. The fraction of sp³-hybridized carbons (Fsp3) is 1.00. The molecule has 0 radical (unpaired) electrons. The van der Waals surface area contributed by atoms with Gasteiger partial charge in [-0.05, 0) is 0 Å². The summed E-state index contributed by atoms with van der Waals surface area (Å²) in [5, 5.41) is 0. The van der Waals surface area contributed by atoms with Gasteiger partial charge in [-0.3, -0.25) is 0 Å². The molecule has 0 aliphatic heterocycles. The summed E-state index contributed by atoms with van der Waals surface area (Å²) in [5.41, 5.74) is 0. The van der Waals surface area contributed by atoms with E-state index in [9.17, 15) is 0 Å². The molecule has 0 aromatic heterocycles. The molecule has 114 valence electrons. The van der Waals surface area contributed by atoms with Crippen LogP contribution in [0.25, 0.3) is 0 Å². The summed E-state index contributed by atoms with van der Waals surface area (Å²) < 4.78 is 5.81. The number of nitrogens with zero attached hydrogens (tertiary/aromatic N) is 2. The van der Waals surface area contributed by atoms with Gasteiger partial charge in [0.1, 0.15) is 0 Å². The Morgan fingerprint density at radius 1 is 0.895 bits per heavy atom. The monoisotopic (exact) mass is 372 g/mol. The minimum atomic E-state index is -1.13. The van der Waals surface area contributed by atoms with Gasteiger partial charge in [0.15, 0.2) is 0 Å². The Morgan fingerprint density at radius 2 is 1.37 bits per heavy atom. The second-order valence-electron chi connectivity index (χ2n) is 6.71. The predicted molar refractivity (Wildman–Crippen MR) is 90.6 cm³/mol.